The summed E-state index contributed by atoms with van der Waals surface area (Å²) in [4.78, 5) is 9.74. The SMILES string of the molecule is Cc1cnc(N(c2ccccc2)N2CCOCC2)nc1-c1cnn(C(CC#N)C2CCCC2)c1. The number of morpholine rings is 1. The monoisotopic (exact) mass is 457 g/mol. The van der Waals surface area contributed by atoms with Gasteiger partial charge in [-0.15, -0.1) is 0 Å². The molecule has 8 nitrogen and oxygen atoms in total. The first-order chi connectivity index (χ1) is 16.7. The Hall–Kier alpha value is -3.28. The van der Waals surface area contributed by atoms with E-state index in [2.05, 4.69) is 39.5 Å². The number of hydrogen-bond acceptors (Lipinski definition) is 7. The number of hydrazine groups is 1. The van der Waals surface area contributed by atoms with Gasteiger partial charge in [0.15, 0.2) is 0 Å². The van der Waals surface area contributed by atoms with E-state index in [0.717, 1.165) is 35.6 Å². The van der Waals surface area contributed by atoms with Crippen molar-refractivity contribution >= 4 is 11.6 Å². The fourth-order valence-electron chi connectivity index (χ4n) is 5.11. The fraction of sp³-hybridized carbons (Fsp3) is 0.462. The van der Waals surface area contributed by atoms with Gasteiger partial charge in [-0.1, -0.05) is 31.0 Å². The molecule has 3 heterocycles. The summed E-state index contributed by atoms with van der Waals surface area (Å²) in [7, 11) is 0. The highest BCUT2D eigenvalue weighted by atomic mass is 16.5. The summed E-state index contributed by atoms with van der Waals surface area (Å²) in [5.41, 5.74) is 3.84. The average Bonchev–Trinajstić information content (AvgIpc) is 3.58. The van der Waals surface area contributed by atoms with Crippen LogP contribution in [0.15, 0.2) is 48.9 Å². The second kappa shape index (κ2) is 10.3. The lowest BCUT2D eigenvalue weighted by molar-refractivity contribution is 0.0371. The van der Waals surface area contributed by atoms with Gasteiger partial charge in [0.25, 0.3) is 0 Å². The molecule has 1 aromatic carbocycles. The van der Waals surface area contributed by atoms with Gasteiger partial charge in [0.05, 0.1) is 49.3 Å². The van der Waals surface area contributed by atoms with Gasteiger partial charge in [-0.2, -0.15) is 10.4 Å². The van der Waals surface area contributed by atoms with Crippen molar-refractivity contribution in [3.05, 3.63) is 54.5 Å². The predicted octanol–water partition coefficient (Wildman–Crippen LogP) is 4.68. The number of para-hydroxylation sites is 1. The molecule has 8 heteroatoms. The molecule has 0 N–H and O–H groups in total. The van der Waals surface area contributed by atoms with Crippen LogP contribution in [0.2, 0.25) is 0 Å². The van der Waals surface area contributed by atoms with Crippen LogP contribution in [0.25, 0.3) is 11.3 Å². The van der Waals surface area contributed by atoms with Gasteiger partial charge in [-0.05, 0) is 43.4 Å². The standard InChI is InChI=1S/C26H31N7O/c1-20-17-28-26(33(23-9-3-2-4-10-23)31-13-15-34-16-14-31)30-25(20)22-18-29-32(19-22)24(11-12-27)21-7-5-6-8-21/h2-4,9-10,17-19,21,24H,5-8,11,13-16H2,1H3. The topological polar surface area (TPSA) is 83.1 Å². The maximum atomic E-state index is 9.43. The first-order valence-electron chi connectivity index (χ1n) is 12.2. The number of nitriles is 1. The average molecular weight is 458 g/mol. The van der Waals surface area contributed by atoms with E-state index in [9.17, 15) is 5.26 Å². The lowest BCUT2D eigenvalue weighted by Gasteiger charge is -2.37. The number of anilines is 2. The van der Waals surface area contributed by atoms with E-state index in [0.29, 0.717) is 31.5 Å². The van der Waals surface area contributed by atoms with E-state index in [4.69, 9.17) is 14.7 Å². The third-order valence-corrected chi connectivity index (χ3v) is 6.88. The van der Waals surface area contributed by atoms with Crippen molar-refractivity contribution in [2.45, 2.75) is 45.1 Å². The molecule has 34 heavy (non-hydrogen) atoms. The number of hydrogen-bond donors (Lipinski definition) is 0. The molecular weight excluding hydrogens is 426 g/mol. The molecule has 0 bridgehead atoms. The molecule has 1 unspecified atom stereocenters. The molecule has 0 radical (unpaired) electrons. The molecular formula is C26H31N7O. The smallest absolute Gasteiger partial charge is 0.245 e. The van der Waals surface area contributed by atoms with Crippen molar-refractivity contribution in [1.82, 2.24) is 24.8 Å². The van der Waals surface area contributed by atoms with Crippen LogP contribution in [-0.2, 0) is 4.74 Å². The van der Waals surface area contributed by atoms with Crippen LogP contribution in [0.3, 0.4) is 0 Å². The summed E-state index contributed by atoms with van der Waals surface area (Å²) in [5.74, 6) is 1.15. The lowest BCUT2D eigenvalue weighted by atomic mass is 9.96. The van der Waals surface area contributed by atoms with E-state index in [1.165, 1.54) is 25.7 Å². The van der Waals surface area contributed by atoms with Crippen LogP contribution in [0.1, 0.15) is 43.7 Å². The molecule has 2 fully saturated rings. The molecule has 1 aliphatic heterocycles. The Bertz CT molecular complexity index is 1130. The summed E-state index contributed by atoms with van der Waals surface area (Å²) >= 11 is 0. The van der Waals surface area contributed by atoms with Crippen LogP contribution in [-0.4, -0.2) is 51.1 Å². The molecule has 1 saturated heterocycles. The first kappa shape index (κ1) is 22.5. The van der Waals surface area contributed by atoms with Crippen molar-refractivity contribution in [3.8, 4) is 17.3 Å². The Balaban J connectivity index is 1.49. The number of aromatic nitrogens is 4. The Morgan fingerprint density at radius 3 is 2.65 bits per heavy atom. The summed E-state index contributed by atoms with van der Waals surface area (Å²) in [5, 5.41) is 18.4. The van der Waals surface area contributed by atoms with Crippen LogP contribution < -0.4 is 5.01 Å². The lowest BCUT2D eigenvalue weighted by Crippen LogP contribution is -2.47. The molecule has 1 saturated carbocycles. The third kappa shape index (κ3) is 4.67. The fourth-order valence-corrected chi connectivity index (χ4v) is 5.11. The first-order valence-corrected chi connectivity index (χ1v) is 12.2. The van der Waals surface area contributed by atoms with Gasteiger partial charge in [0.1, 0.15) is 0 Å². The zero-order valence-corrected chi connectivity index (χ0v) is 19.7. The summed E-state index contributed by atoms with van der Waals surface area (Å²) in [6.45, 7) is 4.93. The van der Waals surface area contributed by atoms with Crippen LogP contribution in [0, 0.1) is 24.2 Å². The zero-order valence-electron chi connectivity index (χ0n) is 19.7. The maximum Gasteiger partial charge on any atom is 0.245 e. The minimum absolute atomic E-state index is 0.122. The predicted molar refractivity (Wildman–Crippen MR) is 130 cm³/mol. The van der Waals surface area contributed by atoms with E-state index in [1.54, 1.807) is 0 Å². The molecule has 1 aliphatic carbocycles. The number of ether oxygens (including phenoxy) is 1. The second-order valence-corrected chi connectivity index (χ2v) is 9.10. The van der Waals surface area contributed by atoms with Crippen molar-refractivity contribution in [1.29, 1.82) is 5.26 Å². The van der Waals surface area contributed by atoms with Crippen LogP contribution in [0.5, 0.6) is 0 Å². The molecule has 0 spiro atoms. The summed E-state index contributed by atoms with van der Waals surface area (Å²) < 4.78 is 7.57. The van der Waals surface area contributed by atoms with Gasteiger partial charge in [0, 0.05) is 31.0 Å². The molecule has 1 atom stereocenters. The molecule has 2 aromatic heterocycles. The summed E-state index contributed by atoms with van der Waals surface area (Å²) in [6, 6.07) is 12.7. The Morgan fingerprint density at radius 1 is 1.15 bits per heavy atom. The van der Waals surface area contributed by atoms with Gasteiger partial charge in [-0.25, -0.2) is 20.0 Å². The highest BCUT2D eigenvalue weighted by Crippen LogP contribution is 2.37. The Labute approximate surface area is 200 Å². The number of rotatable bonds is 7. The van der Waals surface area contributed by atoms with Crippen molar-refractivity contribution < 1.29 is 4.74 Å². The van der Waals surface area contributed by atoms with Crippen molar-refractivity contribution in [2.24, 2.45) is 5.92 Å². The number of benzene rings is 1. The maximum absolute atomic E-state index is 9.43. The van der Waals surface area contributed by atoms with E-state index >= 15 is 0 Å². The van der Waals surface area contributed by atoms with E-state index in [-0.39, 0.29) is 6.04 Å². The van der Waals surface area contributed by atoms with Crippen molar-refractivity contribution in [3.63, 3.8) is 0 Å². The highest BCUT2D eigenvalue weighted by Gasteiger charge is 2.28. The van der Waals surface area contributed by atoms with E-state index < -0.39 is 0 Å². The van der Waals surface area contributed by atoms with Gasteiger partial charge < -0.3 is 4.74 Å². The van der Waals surface area contributed by atoms with Crippen LogP contribution >= 0.6 is 0 Å². The summed E-state index contributed by atoms with van der Waals surface area (Å²) in [6.07, 6.45) is 11.1. The van der Waals surface area contributed by atoms with E-state index in [1.807, 2.05) is 42.2 Å². The minimum Gasteiger partial charge on any atom is -0.379 e. The minimum atomic E-state index is 0.122. The van der Waals surface area contributed by atoms with Crippen LogP contribution in [0.4, 0.5) is 11.6 Å². The Morgan fingerprint density at radius 2 is 1.91 bits per heavy atom. The largest absolute Gasteiger partial charge is 0.379 e. The molecule has 0 amide bonds. The van der Waals surface area contributed by atoms with Crippen molar-refractivity contribution in [2.75, 3.05) is 31.3 Å². The quantitative estimate of drug-likeness (QED) is 0.509. The van der Waals surface area contributed by atoms with Gasteiger partial charge >= 0.3 is 0 Å². The third-order valence-electron chi connectivity index (χ3n) is 6.88. The van der Waals surface area contributed by atoms with Gasteiger partial charge in [0.2, 0.25) is 5.95 Å². The normalized spacial score (nSPS) is 18.0. The molecule has 3 aromatic rings. The molecule has 2 aliphatic rings. The van der Waals surface area contributed by atoms with Gasteiger partial charge in [-0.3, -0.25) is 4.68 Å². The second-order valence-electron chi connectivity index (χ2n) is 9.10. The molecule has 5 rings (SSSR count). The highest BCUT2D eigenvalue weighted by molar-refractivity contribution is 5.64. The zero-order chi connectivity index (χ0) is 23.3. The number of aryl methyl sites for hydroxylation is 1. The molecule has 176 valence electrons. The number of nitrogens with zero attached hydrogens (tertiary/aromatic N) is 7. The Kier molecular flexibility index (Phi) is 6.84.